The first kappa shape index (κ1) is 17.2. The van der Waals surface area contributed by atoms with Crippen molar-refractivity contribution in [1.29, 1.82) is 0 Å². The van der Waals surface area contributed by atoms with Crippen molar-refractivity contribution in [2.45, 2.75) is 6.04 Å². The maximum Gasteiger partial charge on any atom is 0.253 e. The molecule has 3 aromatic rings. The van der Waals surface area contributed by atoms with E-state index in [1.807, 2.05) is 66.3 Å². The molecular formula is C18H15BrIN3O. The molecule has 122 valence electrons. The Balaban J connectivity index is 1.97. The highest BCUT2D eigenvalue weighted by molar-refractivity contribution is 14.1. The van der Waals surface area contributed by atoms with Gasteiger partial charge < -0.3 is 9.88 Å². The number of rotatable bonds is 4. The highest BCUT2D eigenvalue weighted by Crippen LogP contribution is 2.23. The molecule has 0 bridgehead atoms. The molecule has 24 heavy (non-hydrogen) atoms. The summed E-state index contributed by atoms with van der Waals surface area (Å²) in [5.41, 5.74) is 1.63. The molecule has 0 aliphatic heterocycles. The van der Waals surface area contributed by atoms with E-state index in [4.69, 9.17) is 0 Å². The third-order valence-electron chi connectivity index (χ3n) is 3.70. The number of nitrogens with one attached hydrogen (secondary N) is 1. The van der Waals surface area contributed by atoms with Gasteiger partial charge >= 0.3 is 0 Å². The number of halogens is 2. The third kappa shape index (κ3) is 3.70. The first-order valence-corrected chi connectivity index (χ1v) is 9.21. The van der Waals surface area contributed by atoms with Crippen LogP contribution in [0.4, 0.5) is 0 Å². The van der Waals surface area contributed by atoms with E-state index in [-0.39, 0.29) is 11.9 Å². The summed E-state index contributed by atoms with van der Waals surface area (Å²) in [6.45, 7) is 0. The van der Waals surface area contributed by atoms with Crippen LogP contribution in [0.3, 0.4) is 0 Å². The molecule has 0 aliphatic rings. The van der Waals surface area contributed by atoms with Gasteiger partial charge in [0.25, 0.3) is 5.91 Å². The van der Waals surface area contributed by atoms with Crippen molar-refractivity contribution in [3.8, 4) is 0 Å². The van der Waals surface area contributed by atoms with Gasteiger partial charge in [-0.1, -0.05) is 46.3 Å². The van der Waals surface area contributed by atoms with Gasteiger partial charge in [-0.25, -0.2) is 4.98 Å². The molecule has 2 aromatic carbocycles. The average Bonchev–Trinajstić information content (AvgIpc) is 3.01. The van der Waals surface area contributed by atoms with Crippen LogP contribution in [0.5, 0.6) is 0 Å². The Bertz CT molecular complexity index is 864. The van der Waals surface area contributed by atoms with Crippen LogP contribution >= 0.6 is 38.5 Å². The molecule has 1 atom stereocenters. The van der Waals surface area contributed by atoms with Crippen molar-refractivity contribution in [2.24, 2.45) is 7.05 Å². The molecule has 0 aliphatic carbocycles. The number of aryl methyl sites for hydroxylation is 1. The number of carbonyl (C=O) groups excluding carboxylic acids is 1. The fraction of sp³-hybridized carbons (Fsp3) is 0.111. The first-order valence-electron chi connectivity index (χ1n) is 7.34. The minimum atomic E-state index is -0.312. The highest BCUT2D eigenvalue weighted by Gasteiger charge is 2.22. The topological polar surface area (TPSA) is 46.9 Å². The quantitative estimate of drug-likeness (QED) is 0.548. The Morgan fingerprint density at radius 2 is 2.00 bits per heavy atom. The van der Waals surface area contributed by atoms with Gasteiger partial charge in [-0.2, -0.15) is 0 Å². The number of nitrogens with zero attached hydrogens (tertiary/aromatic N) is 2. The minimum Gasteiger partial charge on any atom is -0.338 e. The van der Waals surface area contributed by atoms with Gasteiger partial charge in [-0.15, -0.1) is 0 Å². The van der Waals surface area contributed by atoms with Gasteiger partial charge in [0.05, 0.1) is 5.56 Å². The number of benzene rings is 2. The molecule has 1 amide bonds. The van der Waals surface area contributed by atoms with Gasteiger partial charge in [-0.05, 0) is 46.4 Å². The van der Waals surface area contributed by atoms with Crippen LogP contribution < -0.4 is 5.32 Å². The Kier molecular flexibility index (Phi) is 5.35. The van der Waals surface area contributed by atoms with Gasteiger partial charge in [0, 0.05) is 27.5 Å². The Labute approximate surface area is 162 Å². The molecule has 0 spiro atoms. The van der Waals surface area contributed by atoms with E-state index >= 15 is 0 Å². The van der Waals surface area contributed by atoms with Crippen molar-refractivity contribution in [3.05, 3.63) is 85.9 Å². The number of hydrogen-bond donors (Lipinski definition) is 1. The van der Waals surface area contributed by atoms with Gasteiger partial charge in [0.1, 0.15) is 11.9 Å². The van der Waals surface area contributed by atoms with Crippen molar-refractivity contribution >= 4 is 44.4 Å². The summed E-state index contributed by atoms with van der Waals surface area (Å²) >= 11 is 5.60. The maximum absolute atomic E-state index is 12.8. The summed E-state index contributed by atoms with van der Waals surface area (Å²) in [5.74, 6) is 0.664. The lowest BCUT2D eigenvalue weighted by Crippen LogP contribution is -2.31. The van der Waals surface area contributed by atoms with Gasteiger partial charge in [-0.3, -0.25) is 4.79 Å². The fourth-order valence-corrected chi connectivity index (χ4v) is 3.42. The van der Waals surface area contributed by atoms with Crippen LogP contribution in [0.1, 0.15) is 27.8 Å². The Hall–Kier alpha value is -1.67. The van der Waals surface area contributed by atoms with Crippen LogP contribution in [0.25, 0.3) is 0 Å². The summed E-state index contributed by atoms with van der Waals surface area (Å²) in [5, 5.41) is 3.11. The molecule has 0 unspecified atom stereocenters. The van der Waals surface area contributed by atoms with Crippen LogP contribution in [0, 0.1) is 3.57 Å². The zero-order valence-corrected chi connectivity index (χ0v) is 16.7. The standard InChI is InChI=1S/C18H15BrIN3O/c1-23-10-9-21-17(23)16(12-5-3-2-4-6-12)22-18(24)14-11-13(19)7-8-15(14)20/h2-11,16H,1H3,(H,22,24)/t16-/m1/s1. The molecule has 1 heterocycles. The first-order chi connectivity index (χ1) is 11.6. The summed E-state index contributed by atoms with van der Waals surface area (Å²) in [7, 11) is 1.92. The highest BCUT2D eigenvalue weighted by atomic mass is 127. The summed E-state index contributed by atoms with van der Waals surface area (Å²) in [4.78, 5) is 17.3. The SMILES string of the molecule is Cn1ccnc1[C@H](NC(=O)c1cc(Br)ccc1I)c1ccccc1. The molecule has 0 saturated carbocycles. The van der Waals surface area contributed by atoms with Crippen LogP contribution in [0.15, 0.2) is 65.4 Å². The average molecular weight is 496 g/mol. The van der Waals surface area contributed by atoms with Gasteiger partial charge in [0.2, 0.25) is 0 Å². The molecular weight excluding hydrogens is 481 g/mol. The van der Waals surface area contributed by atoms with Crippen LogP contribution in [-0.4, -0.2) is 15.5 Å². The lowest BCUT2D eigenvalue weighted by Gasteiger charge is -2.19. The van der Waals surface area contributed by atoms with Crippen molar-refractivity contribution < 1.29 is 4.79 Å². The minimum absolute atomic E-state index is 0.127. The number of amides is 1. The fourth-order valence-electron chi connectivity index (χ4n) is 2.48. The van der Waals surface area contributed by atoms with Crippen LogP contribution in [0.2, 0.25) is 0 Å². The monoisotopic (exact) mass is 495 g/mol. The van der Waals surface area contributed by atoms with Gasteiger partial charge in [0.15, 0.2) is 0 Å². The van der Waals surface area contributed by atoms with Crippen molar-refractivity contribution in [1.82, 2.24) is 14.9 Å². The number of imidazole rings is 1. The number of aromatic nitrogens is 2. The van der Waals surface area contributed by atoms with Crippen LogP contribution in [-0.2, 0) is 7.05 Å². The smallest absolute Gasteiger partial charge is 0.253 e. The van der Waals surface area contributed by atoms with Crippen molar-refractivity contribution in [3.63, 3.8) is 0 Å². The van der Waals surface area contributed by atoms with E-state index in [9.17, 15) is 4.79 Å². The second kappa shape index (κ2) is 7.48. The molecule has 0 saturated heterocycles. The predicted octanol–water partition coefficient (Wildman–Crippen LogP) is 4.31. The van der Waals surface area contributed by atoms with E-state index in [1.165, 1.54) is 0 Å². The predicted molar refractivity (Wildman–Crippen MR) is 106 cm³/mol. The zero-order chi connectivity index (χ0) is 17.1. The molecule has 3 rings (SSSR count). The van der Waals surface area contributed by atoms with E-state index in [0.29, 0.717) is 5.56 Å². The number of hydrogen-bond acceptors (Lipinski definition) is 2. The summed E-state index contributed by atoms with van der Waals surface area (Å²) < 4.78 is 3.70. The Morgan fingerprint density at radius 3 is 2.67 bits per heavy atom. The summed E-state index contributed by atoms with van der Waals surface area (Å²) in [6.07, 6.45) is 3.61. The molecule has 4 nitrogen and oxygen atoms in total. The molecule has 1 aromatic heterocycles. The van der Waals surface area contributed by atoms with E-state index < -0.39 is 0 Å². The molecule has 0 fully saturated rings. The largest absolute Gasteiger partial charge is 0.338 e. The lowest BCUT2D eigenvalue weighted by atomic mass is 10.1. The molecule has 1 N–H and O–H groups in total. The maximum atomic E-state index is 12.8. The molecule has 0 radical (unpaired) electrons. The van der Waals surface area contributed by atoms with E-state index in [1.54, 1.807) is 6.20 Å². The van der Waals surface area contributed by atoms with E-state index in [2.05, 4.69) is 48.8 Å². The van der Waals surface area contributed by atoms with E-state index in [0.717, 1.165) is 19.4 Å². The Morgan fingerprint density at radius 1 is 1.25 bits per heavy atom. The number of carbonyl (C=O) groups is 1. The lowest BCUT2D eigenvalue weighted by molar-refractivity contribution is 0.0940. The summed E-state index contributed by atoms with van der Waals surface area (Å²) in [6, 6.07) is 15.2. The second-order valence-corrected chi connectivity index (χ2v) is 7.42. The third-order valence-corrected chi connectivity index (χ3v) is 5.13. The zero-order valence-electron chi connectivity index (χ0n) is 12.9. The second-order valence-electron chi connectivity index (χ2n) is 5.34. The van der Waals surface area contributed by atoms with Crippen molar-refractivity contribution in [2.75, 3.05) is 0 Å². The normalized spacial score (nSPS) is 12.0. The molecule has 6 heteroatoms.